The van der Waals surface area contributed by atoms with Crippen LogP contribution in [0.15, 0.2) is 12.1 Å². The van der Waals surface area contributed by atoms with Gasteiger partial charge in [-0.3, -0.25) is 0 Å². The molecule has 1 fully saturated rings. The van der Waals surface area contributed by atoms with Crippen LogP contribution in [0.4, 0.5) is 0 Å². The highest BCUT2D eigenvalue weighted by Gasteiger charge is 2.21. The Labute approximate surface area is 93.7 Å². The zero-order valence-corrected chi connectivity index (χ0v) is 9.09. The molecule has 0 spiro atoms. The first kappa shape index (κ1) is 10.7. The number of aromatic hydroxyl groups is 1. The Morgan fingerprint density at radius 3 is 2.87 bits per heavy atom. The van der Waals surface area contributed by atoms with Crippen molar-refractivity contribution in [1.29, 1.82) is 0 Å². The van der Waals surface area contributed by atoms with Gasteiger partial charge in [0.2, 0.25) is 0 Å². The van der Waals surface area contributed by atoms with Crippen LogP contribution in [0.25, 0.3) is 0 Å². The third-order valence-electron chi connectivity index (χ3n) is 2.79. The first-order valence-electron chi connectivity index (χ1n) is 5.08. The molecule has 1 saturated heterocycles. The zero-order valence-electron chi connectivity index (χ0n) is 8.33. The fourth-order valence-electron chi connectivity index (χ4n) is 2.01. The monoisotopic (exact) mass is 227 g/mol. The lowest BCUT2D eigenvalue weighted by Crippen LogP contribution is -2.13. The molecule has 0 radical (unpaired) electrons. The topological polar surface area (TPSA) is 52.5 Å². The minimum absolute atomic E-state index is 0.161. The van der Waals surface area contributed by atoms with E-state index in [1.807, 2.05) is 0 Å². The number of hydrogen-bond donors (Lipinski definition) is 3. The molecule has 0 aromatic heterocycles. The van der Waals surface area contributed by atoms with Gasteiger partial charge in [-0.05, 0) is 31.5 Å². The molecule has 15 heavy (non-hydrogen) atoms. The Hall–Kier alpha value is -0.770. The van der Waals surface area contributed by atoms with Crippen LogP contribution < -0.4 is 5.32 Å². The van der Waals surface area contributed by atoms with E-state index in [9.17, 15) is 5.11 Å². The Kier molecular flexibility index (Phi) is 3.14. The molecule has 4 heteroatoms. The molecule has 3 N–H and O–H groups in total. The maximum Gasteiger partial charge on any atom is 0.125 e. The van der Waals surface area contributed by atoms with Gasteiger partial charge >= 0.3 is 0 Å². The van der Waals surface area contributed by atoms with Gasteiger partial charge in [0.1, 0.15) is 5.75 Å². The predicted molar refractivity (Wildman–Crippen MR) is 59.0 cm³/mol. The van der Waals surface area contributed by atoms with Crippen LogP contribution in [0.5, 0.6) is 5.75 Å². The molecular weight excluding hydrogens is 214 g/mol. The van der Waals surface area contributed by atoms with E-state index in [0.29, 0.717) is 10.6 Å². The maximum absolute atomic E-state index is 9.92. The van der Waals surface area contributed by atoms with Crippen molar-refractivity contribution >= 4 is 11.6 Å². The highest BCUT2D eigenvalue weighted by Crippen LogP contribution is 2.35. The minimum Gasteiger partial charge on any atom is -0.507 e. The highest BCUT2D eigenvalue weighted by atomic mass is 35.5. The van der Waals surface area contributed by atoms with Crippen molar-refractivity contribution in [2.75, 3.05) is 6.54 Å². The van der Waals surface area contributed by atoms with Gasteiger partial charge in [-0.2, -0.15) is 0 Å². The second-order valence-electron chi connectivity index (χ2n) is 3.81. The third-order valence-corrected chi connectivity index (χ3v) is 3.01. The standard InChI is InChI=1S/C11H14ClNO2/c12-8-4-7(6-14)11(15)9(5-8)10-2-1-3-13-10/h4-5,10,13-15H,1-3,6H2/t10-/m1/s1. The molecule has 0 amide bonds. The molecule has 0 saturated carbocycles. The molecule has 1 atom stereocenters. The van der Waals surface area contributed by atoms with Gasteiger partial charge in [0, 0.05) is 22.2 Å². The van der Waals surface area contributed by atoms with Crippen molar-refractivity contribution in [2.24, 2.45) is 0 Å². The van der Waals surface area contributed by atoms with E-state index < -0.39 is 0 Å². The van der Waals surface area contributed by atoms with Crippen LogP contribution in [0.2, 0.25) is 5.02 Å². The lowest BCUT2D eigenvalue weighted by atomic mass is 10.0. The lowest BCUT2D eigenvalue weighted by Gasteiger charge is -2.15. The Balaban J connectivity index is 2.40. The molecule has 0 bridgehead atoms. The van der Waals surface area contributed by atoms with Crippen LogP contribution in [0.1, 0.15) is 30.0 Å². The average Bonchev–Trinajstić information content (AvgIpc) is 2.74. The number of benzene rings is 1. The Morgan fingerprint density at radius 1 is 1.47 bits per heavy atom. The minimum atomic E-state index is -0.188. The molecule has 0 unspecified atom stereocenters. The van der Waals surface area contributed by atoms with E-state index in [1.54, 1.807) is 12.1 Å². The van der Waals surface area contributed by atoms with Crippen molar-refractivity contribution in [2.45, 2.75) is 25.5 Å². The molecule has 1 aromatic carbocycles. The van der Waals surface area contributed by atoms with Gasteiger partial charge < -0.3 is 15.5 Å². The van der Waals surface area contributed by atoms with Crippen LogP contribution in [-0.2, 0) is 6.61 Å². The van der Waals surface area contributed by atoms with Crippen LogP contribution in [0, 0.1) is 0 Å². The summed E-state index contributed by atoms with van der Waals surface area (Å²) < 4.78 is 0. The summed E-state index contributed by atoms with van der Waals surface area (Å²) in [5, 5.41) is 22.8. The number of aliphatic hydroxyl groups is 1. The van der Waals surface area contributed by atoms with E-state index >= 15 is 0 Å². The van der Waals surface area contributed by atoms with Gasteiger partial charge in [0.15, 0.2) is 0 Å². The number of rotatable bonds is 2. The van der Waals surface area contributed by atoms with E-state index in [4.69, 9.17) is 16.7 Å². The number of nitrogens with one attached hydrogen (secondary N) is 1. The summed E-state index contributed by atoms with van der Waals surface area (Å²) in [4.78, 5) is 0. The molecule has 82 valence electrons. The number of hydrogen-bond acceptors (Lipinski definition) is 3. The first-order valence-corrected chi connectivity index (χ1v) is 5.45. The fourth-order valence-corrected chi connectivity index (χ4v) is 2.26. The summed E-state index contributed by atoms with van der Waals surface area (Å²) in [5.74, 6) is 0.168. The van der Waals surface area contributed by atoms with E-state index in [1.165, 1.54) is 0 Å². The zero-order chi connectivity index (χ0) is 10.8. The molecule has 1 aliphatic rings. The quantitative estimate of drug-likeness (QED) is 0.724. The van der Waals surface area contributed by atoms with E-state index in [2.05, 4.69) is 5.32 Å². The SMILES string of the molecule is OCc1cc(Cl)cc([C@H]2CCCN2)c1O. The van der Waals surface area contributed by atoms with Crippen LogP contribution in [0.3, 0.4) is 0 Å². The molecular formula is C11H14ClNO2. The molecule has 2 rings (SSSR count). The molecule has 1 aliphatic heterocycles. The summed E-state index contributed by atoms with van der Waals surface area (Å²) in [6, 6.07) is 3.52. The van der Waals surface area contributed by atoms with E-state index in [-0.39, 0.29) is 18.4 Å². The summed E-state index contributed by atoms with van der Waals surface area (Å²) in [5.41, 5.74) is 1.29. The van der Waals surface area contributed by atoms with Gasteiger partial charge in [-0.15, -0.1) is 0 Å². The first-order chi connectivity index (χ1) is 7.22. The van der Waals surface area contributed by atoms with Gasteiger partial charge in [-0.25, -0.2) is 0 Å². The van der Waals surface area contributed by atoms with Crippen LogP contribution in [-0.4, -0.2) is 16.8 Å². The second kappa shape index (κ2) is 4.39. The molecule has 3 nitrogen and oxygen atoms in total. The summed E-state index contributed by atoms with van der Waals surface area (Å²) in [6.45, 7) is 0.775. The molecule has 0 aliphatic carbocycles. The summed E-state index contributed by atoms with van der Waals surface area (Å²) in [7, 11) is 0. The smallest absolute Gasteiger partial charge is 0.125 e. The molecule has 1 aromatic rings. The maximum atomic E-state index is 9.92. The van der Waals surface area contributed by atoms with Crippen LogP contribution >= 0.6 is 11.6 Å². The number of phenols is 1. The fraction of sp³-hybridized carbons (Fsp3) is 0.455. The normalized spacial score (nSPS) is 20.8. The number of halogens is 1. The van der Waals surface area contributed by atoms with Crippen molar-refractivity contribution in [1.82, 2.24) is 5.32 Å². The summed E-state index contributed by atoms with van der Waals surface area (Å²) >= 11 is 5.93. The largest absolute Gasteiger partial charge is 0.507 e. The van der Waals surface area contributed by atoms with Crippen molar-refractivity contribution in [3.8, 4) is 5.75 Å². The highest BCUT2D eigenvalue weighted by molar-refractivity contribution is 6.30. The van der Waals surface area contributed by atoms with Crippen molar-refractivity contribution in [3.05, 3.63) is 28.3 Å². The van der Waals surface area contributed by atoms with E-state index in [0.717, 1.165) is 24.9 Å². The van der Waals surface area contributed by atoms with Crippen molar-refractivity contribution in [3.63, 3.8) is 0 Å². The third kappa shape index (κ3) is 2.09. The molecule has 1 heterocycles. The van der Waals surface area contributed by atoms with Gasteiger partial charge in [0.05, 0.1) is 6.61 Å². The van der Waals surface area contributed by atoms with Gasteiger partial charge in [-0.1, -0.05) is 11.6 Å². The lowest BCUT2D eigenvalue weighted by molar-refractivity contribution is 0.275. The Bertz CT molecular complexity index is 362. The summed E-state index contributed by atoms with van der Waals surface area (Å²) in [6.07, 6.45) is 2.10. The average molecular weight is 228 g/mol. The van der Waals surface area contributed by atoms with Gasteiger partial charge in [0.25, 0.3) is 0 Å². The number of aliphatic hydroxyl groups excluding tert-OH is 1. The van der Waals surface area contributed by atoms with Crippen molar-refractivity contribution < 1.29 is 10.2 Å². The Morgan fingerprint density at radius 2 is 2.27 bits per heavy atom. The second-order valence-corrected chi connectivity index (χ2v) is 4.25. The predicted octanol–water partition coefficient (Wildman–Crippen LogP) is 1.96.